The molecule has 0 spiro atoms. The smallest absolute Gasteiger partial charge is 0.204 e. The Hall–Kier alpha value is -3.09. The molecule has 0 bridgehead atoms. The third-order valence-corrected chi connectivity index (χ3v) is 3.50. The normalized spacial score (nSPS) is 14.9. The van der Waals surface area contributed by atoms with Crippen molar-refractivity contribution >= 4 is 11.8 Å². The lowest BCUT2D eigenvalue weighted by molar-refractivity contribution is 0.301. The van der Waals surface area contributed by atoms with E-state index in [4.69, 9.17) is 4.74 Å². The molecule has 0 atom stereocenters. The van der Waals surface area contributed by atoms with E-state index in [0.717, 1.165) is 0 Å². The summed E-state index contributed by atoms with van der Waals surface area (Å²) >= 11 is 0. The van der Waals surface area contributed by atoms with E-state index in [9.17, 15) is 17.6 Å². The van der Waals surface area contributed by atoms with Gasteiger partial charge in [0.15, 0.2) is 17.4 Å². The number of ether oxygens (including phenoxy) is 1. The molecule has 7 heteroatoms. The molecular formula is C18H12F4N2O. The quantitative estimate of drug-likeness (QED) is 0.481. The van der Waals surface area contributed by atoms with E-state index in [0.29, 0.717) is 0 Å². The zero-order valence-electron chi connectivity index (χ0n) is 12.8. The number of allylic oxidation sites excluding steroid dienone is 2. The highest BCUT2D eigenvalue weighted by atomic mass is 19.2. The lowest BCUT2D eigenvalue weighted by Crippen LogP contribution is -2.09. The van der Waals surface area contributed by atoms with Crippen LogP contribution >= 0.6 is 0 Å². The second-order valence-electron chi connectivity index (χ2n) is 5.04. The molecule has 2 heterocycles. The van der Waals surface area contributed by atoms with Crippen LogP contribution in [-0.4, -0.2) is 17.8 Å². The van der Waals surface area contributed by atoms with Gasteiger partial charge in [-0.2, -0.15) is 8.78 Å². The van der Waals surface area contributed by atoms with Gasteiger partial charge >= 0.3 is 0 Å². The molecule has 3 nitrogen and oxygen atoms in total. The largest absolute Gasteiger partial charge is 0.483 e. The maximum Gasteiger partial charge on any atom is 0.204 e. The fourth-order valence-electron chi connectivity index (χ4n) is 2.44. The molecule has 0 saturated carbocycles. The Kier molecular flexibility index (Phi) is 4.56. The van der Waals surface area contributed by atoms with Crippen molar-refractivity contribution in [3.05, 3.63) is 83.4 Å². The fourth-order valence-corrected chi connectivity index (χ4v) is 2.44. The zero-order valence-corrected chi connectivity index (χ0v) is 12.8. The van der Waals surface area contributed by atoms with E-state index in [1.807, 2.05) is 0 Å². The molecule has 0 radical (unpaired) electrons. The van der Waals surface area contributed by atoms with Crippen molar-refractivity contribution in [2.75, 3.05) is 6.61 Å². The maximum absolute atomic E-state index is 14.6. The summed E-state index contributed by atoms with van der Waals surface area (Å²) < 4.78 is 62.5. The van der Waals surface area contributed by atoms with Gasteiger partial charge in [0.05, 0.1) is 11.3 Å². The van der Waals surface area contributed by atoms with Gasteiger partial charge in [0, 0.05) is 23.7 Å². The molecule has 3 rings (SSSR count). The number of aliphatic imine (C=N–C) groups is 1. The first-order chi connectivity index (χ1) is 12.1. The molecule has 25 heavy (non-hydrogen) atoms. The summed E-state index contributed by atoms with van der Waals surface area (Å²) in [6.07, 6.45) is 7.15. The minimum absolute atomic E-state index is 0.0990. The molecule has 2 aromatic rings. The minimum Gasteiger partial charge on any atom is -0.483 e. The number of rotatable bonds is 5. The summed E-state index contributed by atoms with van der Waals surface area (Å²) in [6.45, 7) is 3.02. The van der Waals surface area contributed by atoms with Crippen molar-refractivity contribution < 1.29 is 22.3 Å². The fraction of sp³-hybridized carbons (Fsp3) is 0.0556. The molecule has 1 aromatic heterocycles. The summed E-state index contributed by atoms with van der Waals surface area (Å²) in [5, 5.41) is 0. The van der Waals surface area contributed by atoms with Gasteiger partial charge < -0.3 is 9.72 Å². The molecule has 0 saturated heterocycles. The monoisotopic (exact) mass is 348 g/mol. The third-order valence-electron chi connectivity index (χ3n) is 3.50. The highest BCUT2D eigenvalue weighted by Crippen LogP contribution is 2.38. The average molecular weight is 348 g/mol. The van der Waals surface area contributed by atoms with Gasteiger partial charge in [-0.25, -0.2) is 8.78 Å². The van der Waals surface area contributed by atoms with Crippen LogP contribution in [0, 0.1) is 23.3 Å². The van der Waals surface area contributed by atoms with Crippen molar-refractivity contribution in [2.24, 2.45) is 4.99 Å². The number of aromatic nitrogens is 1. The summed E-state index contributed by atoms with van der Waals surface area (Å²) in [5.41, 5.74) is -0.533. The molecule has 1 aromatic carbocycles. The van der Waals surface area contributed by atoms with Crippen molar-refractivity contribution in [1.29, 1.82) is 0 Å². The Labute approximate surface area is 140 Å². The first-order valence-electron chi connectivity index (χ1n) is 7.25. The standard InChI is InChI=1S/C18H12F4N2O/c1-2-9-25-18-16(21)14(19)13(15(20)17(18)22)12(10-5-3-7-23-10)11-6-4-8-24-11/h2-8,23H,1,9H2. The maximum atomic E-state index is 14.6. The number of halogens is 4. The Bertz CT molecular complexity index is 869. The second kappa shape index (κ2) is 6.80. The first-order valence-corrected chi connectivity index (χ1v) is 7.25. The van der Waals surface area contributed by atoms with E-state index in [1.165, 1.54) is 30.6 Å². The topological polar surface area (TPSA) is 37.4 Å². The number of hydrogen-bond acceptors (Lipinski definition) is 2. The van der Waals surface area contributed by atoms with Crippen LogP contribution in [0.2, 0.25) is 0 Å². The van der Waals surface area contributed by atoms with Crippen LogP contribution in [0.15, 0.2) is 53.8 Å². The van der Waals surface area contributed by atoms with Crippen molar-refractivity contribution in [2.45, 2.75) is 0 Å². The van der Waals surface area contributed by atoms with E-state index in [-0.39, 0.29) is 23.6 Å². The summed E-state index contributed by atoms with van der Waals surface area (Å²) in [7, 11) is 0. The first kappa shape index (κ1) is 16.8. The van der Waals surface area contributed by atoms with Gasteiger partial charge in [-0.05, 0) is 24.3 Å². The number of aromatic amines is 1. The van der Waals surface area contributed by atoms with Crippen LogP contribution in [0.4, 0.5) is 17.6 Å². The molecule has 0 amide bonds. The number of hydrogen-bond donors (Lipinski definition) is 1. The van der Waals surface area contributed by atoms with Crippen molar-refractivity contribution in [3.8, 4) is 5.75 Å². The number of nitrogens with zero attached hydrogens (tertiary/aromatic N) is 1. The van der Waals surface area contributed by atoms with Gasteiger partial charge in [0.2, 0.25) is 11.6 Å². The SMILES string of the molecule is C=CCOc1c(F)c(F)c(C(=C2C=CC=N2)c2ccc[nH]2)c(F)c1F. The Morgan fingerprint density at radius 3 is 2.40 bits per heavy atom. The van der Waals surface area contributed by atoms with E-state index < -0.39 is 34.6 Å². The van der Waals surface area contributed by atoms with Crippen LogP contribution in [0.25, 0.3) is 5.57 Å². The van der Waals surface area contributed by atoms with Crippen LogP contribution < -0.4 is 4.74 Å². The van der Waals surface area contributed by atoms with Crippen LogP contribution in [0.3, 0.4) is 0 Å². The zero-order chi connectivity index (χ0) is 18.0. The highest BCUT2D eigenvalue weighted by Gasteiger charge is 2.30. The Morgan fingerprint density at radius 1 is 1.16 bits per heavy atom. The van der Waals surface area contributed by atoms with Crippen LogP contribution in [0.5, 0.6) is 5.75 Å². The molecule has 128 valence electrons. The van der Waals surface area contributed by atoms with Crippen LogP contribution in [0.1, 0.15) is 11.3 Å². The molecule has 0 unspecified atom stereocenters. The molecule has 0 fully saturated rings. The van der Waals surface area contributed by atoms with E-state index >= 15 is 0 Å². The van der Waals surface area contributed by atoms with Gasteiger partial charge in [0.1, 0.15) is 6.61 Å². The number of H-pyrrole nitrogens is 1. The molecule has 1 N–H and O–H groups in total. The Balaban J connectivity index is 2.29. The van der Waals surface area contributed by atoms with Crippen molar-refractivity contribution in [1.82, 2.24) is 4.98 Å². The summed E-state index contributed by atoms with van der Waals surface area (Å²) in [4.78, 5) is 6.75. The van der Waals surface area contributed by atoms with Gasteiger partial charge in [-0.15, -0.1) is 0 Å². The summed E-state index contributed by atoms with van der Waals surface area (Å²) in [6, 6.07) is 3.10. The predicted molar refractivity (Wildman–Crippen MR) is 86.4 cm³/mol. The summed E-state index contributed by atoms with van der Waals surface area (Å²) in [5.74, 6) is -7.49. The number of benzene rings is 1. The molecule has 0 aliphatic carbocycles. The van der Waals surface area contributed by atoms with Gasteiger partial charge in [0.25, 0.3) is 0 Å². The average Bonchev–Trinajstić information content (AvgIpc) is 3.31. The number of nitrogens with one attached hydrogen (secondary N) is 1. The highest BCUT2D eigenvalue weighted by molar-refractivity contribution is 5.88. The van der Waals surface area contributed by atoms with Gasteiger partial charge in [-0.1, -0.05) is 12.7 Å². The van der Waals surface area contributed by atoms with Crippen molar-refractivity contribution in [3.63, 3.8) is 0 Å². The molecular weight excluding hydrogens is 336 g/mol. The predicted octanol–water partition coefficient (Wildman–Crippen LogP) is 4.54. The third kappa shape index (κ3) is 2.88. The Morgan fingerprint density at radius 2 is 1.88 bits per heavy atom. The lowest BCUT2D eigenvalue weighted by Gasteiger charge is -2.15. The minimum atomic E-state index is -1.62. The molecule has 1 aliphatic rings. The lowest BCUT2D eigenvalue weighted by atomic mass is 9.98. The van der Waals surface area contributed by atoms with E-state index in [1.54, 1.807) is 12.1 Å². The van der Waals surface area contributed by atoms with Crippen LogP contribution in [-0.2, 0) is 0 Å². The van der Waals surface area contributed by atoms with Gasteiger partial charge in [-0.3, -0.25) is 4.99 Å². The van der Waals surface area contributed by atoms with E-state index in [2.05, 4.69) is 16.6 Å². The second-order valence-corrected chi connectivity index (χ2v) is 5.04. The molecule has 1 aliphatic heterocycles.